The van der Waals surface area contributed by atoms with E-state index in [2.05, 4.69) is 101 Å². The Morgan fingerprint density at radius 1 is 0.931 bits per heavy atom. The van der Waals surface area contributed by atoms with Crippen LogP contribution in [0.25, 0.3) is 21.8 Å². The number of rotatable bonds is 10. The number of benzene rings is 2. The van der Waals surface area contributed by atoms with Crippen molar-refractivity contribution in [2.45, 2.75) is 52.2 Å². The number of unbranched alkanes of at least 4 members (excludes halogenated alkanes) is 2. The van der Waals surface area contributed by atoms with E-state index in [1.807, 2.05) is 0 Å². The average Bonchev–Trinajstić information content (AvgIpc) is 2.96. The predicted octanol–water partition coefficient (Wildman–Crippen LogP) is 7.35. The molecule has 1 heterocycles. The predicted molar refractivity (Wildman–Crippen MR) is 135 cm³/mol. The minimum absolute atomic E-state index is 0.415. The van der Waals surface area contributed by atoms with Crippen LogP contribution in [0.1, 0.15) is 39.5 Å². The van der Waals surface area contributed by atoms with Crippen LogP contribution in [-0.4, -0.2) is 40.3 Å². The van der Waals surface area contributed by atoms with Gasteiger partial charge in [-0.15, -0.1) is 0 Å². The summed E-state index contributed by atoms with van der Waals surface area (Å²) >= 11 is 11.0. The van der Waals surface area contributed by atoms with E-state index in [9.17, 15) is 5.11 Å². The summed E-state index contributed by atoms with van der Waals surface area (Å²) in [6.07, 6.45) is 4.31. The number of hydrogen-bond donors (Lipinski definition) is 1. The van der Waals surface area contributed by atoms with Crippen LogP contribution in [0.15, 0.2) is 43.7 Å². The molecule has 0 aliphatic rings. The summed E-state index contributed by atoms with van der Waals surface area (Å²) in [4.78, 5) is 2.42. The van der Waals surface area contributed by atoms with Gasteiger partial charge in [-0.25, -0.2) is 0 Å². The molecule has 0 saturated carbocycles. The first kappa shape index (κ1) is 23.3. The molecule has 6 heteroatoms. The molecule has 0 unspecified atom stereocenters. The van der Waals surface area contributed by atoms with Crippen LogP contribution in [0.3, 0.4) is 0 Å². The van der Waals surface area contributed by atoms with Crippen LogP contribution in [-0.2, 0) is 6.54 Å². The van der Waals surface area contributed by atoms with Gasteiger partial charge in [0, 0.05) is 36.3 Å². The first-order valence-electron chi connectivity index (χ1n) is 10.4. The van der Waals surface area contributed by atoms with Crippen LogP contribution in [0, 0.1) is 0 Å². The van der Waals surface area contributed by atoms with Crippen molar-refractivity contribution < 1.29 is 5.11 Å². The lowest BCUT2D eigenvalue weighted by molar-refractivity contribution is 0.0982. The van der Waals surface area contributed by atoms with Gasteiger partial charge in [0.15, 0.2) is 0 Å². The maximum atomic E-state index is 11.0. The fourth-order valence-electron chi connectivity index (χ4n) is 3.94. The molecule has 1 N–H and O–H groups in total. The maximum Gasteiger partial charge on any atom is 0.0845 e. The van der Waals surface area contributed by atoms with E-state index >= 15 is 0 Å². The maximum absolute atomic E-state index is 11.0. The van der Waals surface area contributed by atoms with Crippen molar-refractivity contribution in [3.05, 3.63) is 43.7 Å². The average molecular weight is 589 g/mol. The Morgan fingerprint density at radius 2 is 1.59 bits per heavy atom. The molecular formula is C23H29Br3N2O. The van der Waals surface area contributed by atoms with Gasteiger partial charge in [0.25, 0.3) is 0 Å². The number of nitrogens with zero attached hydrogens (tertiary/aromatic N) is 2. The van der Waals surface area contributed by atoms with Crippen molar-refractivity contribution in [1.82, 2.24) is 9.47 Å². The highest BCUT2D eigenvalue weighted by molar-refractivity contribution is 9.11. The van der Waals surface area contributed by atoms with E-state index in [1.54, 1.807) is 0 Å². The van der Waals surface area contributed by atoms with Gasteiger partial charge >= 0.3 is 0 Å². The van der Waals surface area contributed by atoms with Gasteiger partial charge < -0.3 is 14.6 Å². The molecule has 0 spiro atoms. The van der Waals surface area contributed by atoms with Crippen LogP contribution >= 0.6 is 47.8 Å². The van der Waals surface area contributed by atoms with E-state index in [0.717, 1.165) is 37.5 Å². The summed E-state index contributed by atoms with van der Waals surface area (Å²) in [7, 11) is 0. The molecule has 29 heavy (non-hydrogen) atoms. The van der Waals surface area contributed by atoms with Crippen molar-refractivity contribution in [1.29, 1.82) is 0 Å². The van der Waals surface area contributed by atoms with Crippen molar-refractivity contribution in [3.63, 3.8) is 0 Å². The highest BCUT2D eigenvalue weighted by atomic mass is 79.9. The summed E-state index contributed by atoms with van der Waals surface area (Å²) in [6, 6.07) is 10.6. The van der Waals surface area contributed by atoms with Crippen molar-refractivity contribution >= 4 is 69.6 Å². The van der Waals surface area contributed by atoms with Gasteiger partial charge in [0.1, 0.15) is 0 Å². The molecule has 1 atom stereocenters. The third-order valence-corrected chi connectivity index (χ3v) is 6.91. The summed E-state index contributed by atoms with van der Waals surface area (Å²) in [5, 5.41) is 13.4. The van der Waals surface area contributed by atoms with Crippen molar-refractivity contribution in [3.8, 4) is 0 Å². The summed E-state index contributed by atoms with van der Waals surface area (Å²) in [5.41, 5.74) is 2.28. The van der Waals surface area contributed by atoms with Gasteiger partial charge in [0.2, 0.25) is 0 Å². The fourth-order valence-corrected chi connectivity index (χ4v) is 5.74. The third-order valence-electron chi connectivity index (χ3n) is 5.36. The highest BCUT2D eigenvalue weighted by Gasteiger charge is 2.18. The molecule has 0 amide bonds. The smallest absolute Gasteiger partial charge is 0.0845 e. The molecule has 1 aromatic heterocycles. The molecule has 0 aliphatic carbocycles. The van der Waals surface area contributed by atoms with Crippen LogP contribution in [0.4, 0.5) is 0 Å². The fraction of sp³-hybridized carbons (Fsp3) is 0.478. The van der Waals surface area contributed by atoms with Crippen LogP contribution in [0.2, 0.25) is 0 Å². The second kappa shape index (κ2) is 10.8. The molecule has 0 saturated heterocycles. The molecule has 0 aliphatic heterocycles. The number of aliphatic hydroxyl groups excluding tert-OH is 1. The Hall–Kier alpha value is -0.400. The summed E-state index contributed by atoms with van der Waals surface area (Å²) in [5.74, 6) is 0. The van der Waals surface area contributed by atoms with E-state index < -0.39 is 6.10 Å². The van der Waals surface area contributed by atoms with E-state index in [1.165, 1.54) is 36.5 Å². The molecule has 3 aromatic rings. The molecule has 3 nitrogen and oxygen atoms in total. The Labute approximate surface area is 198 Å². The Bertz CT molecular complexity index is 962. The lowest BCUT2D eigenvalue weighted by atomic mass is 10.2. The quantitative estimate of drug-likeness (QED) is 0.268. The number of aromatic nitrogens is 1. The monoisotopic (exact) mass is 586 g/mol. The van der Waals surface area contributed by atoms with E-state index in [4.69, 9.17) is 0 Å². The van der Waals surface area contributed by atoms with E-state index in [-0.39, 0.29) is 0 Å². The summed E-state index contributed by atoms with van der Waals surface area (Å²) < 4.78 is 5.40. The number of aliphatic hydroxyl groups is 1. The standard InChI is InChI=1S/C23H29Br3N2O/c1-3-5-9-27(10-6-4-2)14-18(29)15-28-22-8-7-16(24)11-19(22)20-12-17(25)13-21(26)23(20)28/h7-8,11-13,18,29H,3-6,9-10,14-15H2,1-2H3/t18-/m1/s1. The van der Waals surface area contributed by atoms with Crippen LogP contribution in [0.5, 0.6) is 0 Å². The molecule has 2 aromatic carbocycles. The SMILES string of the molecule is CCCCN(CCCC)C[C@@H](O)Cn1c2ccc(Br)cc2c2cc(Br)cc(Br)c21. The zero-order chi connectivity index (χ0) is 21.0. The Kier molecular flexibility index (Phi) is 8.63. The lowest BCUT2D eigenvalue weighted by Crippen LogP contribution is -2.36. The molecular weight excluding hydrogens is 560 g/mol. The summed E-state index contributed by atoms with van der Waals surface area (Å²) in [6.45, 7) is 7.86. The van der Waals surface area contributed by atoms with Gasteiger partial charge in [-0.2, -0.15) is 0 Å². The number of fused-ring (bicyclic) bond motifs is 3. The Morgan fingerprint density at radius 3 is 2.24 bits per heavy atom. The van der Waals surface area contributed by atoms with Gasteiger partial charge in [-0.05, 0) is 72.2 Å². The number of hydrogen-bond acceptors (Lipinski definition) is 2. The van der Waals surface area contributed by atoms with Gasteiger partial charge in [-0.3, -0.25) is 0 Å². The molecule has 3 rings (SSSR count). The normalized spacial score (nSPS) is 13.1. The second-order valence-electron chi connectivity index (χ2n) is 7.72. The zero-order valence-electron chi connectivity index (χ0n) is 17.1. The van der Waals surface area contributed by atoms with E-state index in [0.29, 0.717) is 13.1 Å². The topological polar surface area (TPSA) is 28.4 Å². The molecule has 158 valence electrons. The van der Waals surface area contributed by atoms with Crippen molar-refractivity contribution in [2.24, 2.45) is 0 Å². The van der Waals surface area contributed by atoms with Crippen molar-refractivity contribution in [2.75, 3.05) is 19.6 Å². The number of halogens is 3. The largest absolute Gasteiger partial charge is 0.390 e. The minimum atomic E-state index is -0.415. The molecule has 0 fully saturated rings. The third kappa shape index (κ3) is 5.65. The van der Waals surface area contributed by atoms with Gasteiger partial charge in [-0.1, -0.05) is 58.5 Å². The zero-order valence-corrected chi connectivity index (χ0v) is 21.9. The second-order valence-corrected chi connectivity index (χ2v) is 10.4. The molecule has 0 bridgehead atoms. The Balaban J connectivity index is 1.93. The van der Waals surface area contributed by atoms with Crippen LogP contribution < -0.4 is 0 Å². The minimum Gasteiger partial charge on any atom is -0.390 e. The first-order chi connectivity index (χ1) is 13.9. The molecule has 0 radical (unpaired) electrons. The van der Waals surface area contributed by atoms with Gasteiger partial charge in [0.05, 0.1) is 18.2 Å². The lowest BCUT2D eigenvalue weighted by Gasteiger charge is -2.25. The highest BCUT2D eigenvalue weighted by Crippen LogP contribution is 2.37. The first-order valence-corrected chi connectivity index (χ1v) is 12.8.